The third kappa shape index (κ3) is 8.56. The molecule has 0 radical (unpaired) electrons. The summed E-state index contributed by atoms with van der Waals surface area (Å²) in [5, 5.41) is 0.891. The standard InChI is InChI=1S/C12H11Cl2N3O2.C7H7Br.C2H6/c1-16(10-3-8(13)2-9(14)4-10)12(19)6-17-7-15-5-11(17)18;1-6-2-4-7(8)5-3-6;1-2/h2-4,7H,5-6H2,1H3;2-5H,1H3;1-2H3. The van der Waals surface area contributed by atoms with Crippen LogP contribution >= 0.6 is 39.1 Å². The van der Waals surface area contributed by atoms with Crippen LogP contribution in [-0.2, 0) is 9.59 Å². The minimum atomic E-state index is -0.250. The summed E-state index contributed by atoms with van der Waals surface area (Å²) in [4.78, 5) is 29.9. The third-order valence-corrected chi connectivity index (χ3v) is 4.66. The van der Waals surface area contributed by atoms with Crippen molar-refractivity contribution in [3.05, 3.63) is 62.5 Å². The number of carbonyl (C=O) groups is 2. The number of nitrogens with zero attached hydrogens (tertiary/aromatic N) is 3. The Balaban J connectivity index is 0.000000351. The fourth-order valence-electron chi connectivity index (χ4n) is 2.16. The van der Waals surface area contributed by atoms with Crippen molar-refractivity contribution in [3.8, 4) is 0 Å². The Bertz CT molecular complexity index is 816. The molecular formula is C21H24BrCl2N3O2. The van der Waals surface area contributed by atoms with Crippen molar-refractivity contribution < 1.29 is 9.59 Å². The number of amides is 2. The molecule has 2 aromatic rings. The number of aryl methyl sites for hydroxylation is 1. The summed E-state index contributed by atoms with van der Waals surface area (Å²) in [5.74, 6) is -0.439. The van der Waals surface area contributed by atoms with Crippen LogP contribution < -0.4 is 4.90 Å². The molecule has 1 aliphatic heterocycles. The SMILES string of the molecule is CC.CN(C(=O)CN1C=NCC1=O)c1cc(Cl)cc(Cl)c1.Cc1ccc(Br)cc1. The normalized spacial score (nSPS) is 12.0. The first-order valence-corrected chi connectivity index (χ1v) is 10.6. The summed E-state index contributed by atoms with van der Waals surface area (Å²) < 4.78 is 1.14. The van der Waals surface area contributed by atoms with Gasteiger partial charge in [-0.05, 0) is 37.3 Å². The van der Waals surface area contributed by atoms with E-state index in [-0.39, 0.29) is 24.9 Å². The Hall–Kier alpha value is -1.89. The maximum Gasteiger partial charge on any atom is 0.249 e. The van der Waals surface area contributed by atoms with E-state index in [1.807, 2.05) is 26.0 Å². The number of aliphatic imine (C=N–C) groups is 1. The molecule has 0 N–H and O–H groups in total. The summed E-state index contributed by atoms with van der Waals surface area (Å²) >= 11 is 15.1. The van der Waals surface area contributed by atoms with Gasteiger partial charge in [0.1, 0.15) is 13.1 Å². The van der Waals surface area contributed by atoms with E-state index in [9.17, 15) is 9.59 Å². The van der Waals surface area contributed by atoms with Gasteiger partial charge in [0.05, 0.1) is 6.34 Å². The first-order valence-electron chi connectivity index (χ1n) is 9.00. The summed E-state index contributed by atoms with van der Waals surface area (Å²) in [6.07, 6.45) is 1.37. The fourth-order valence-corrected chi connectivity index (χ4v) is 2.94. The van der Waals surface area contributed by atoms with E-state index < -0.39 is 0 Å². The summed E-state index contributed by atoms with van der Waals surface area (Å²) in [5.41, 5.74) is 1.87. The monoisotopic (exact) mass is 499 g/mol. The van der Waals surface area contributed by atoms with Crippen LogP contribution in [0.1, 0.15) is 19.4 Å². The molecule has 5 nitrogen and oxygen atoms in total. The van der Waals surface area contributed by atoms with Crippen LogP contribution in [0.25, 0.3) is 0 Å². The number of benzene rings is 2. The number of rotatable bonds is 3. The van der Waals surface area contributed by atoms with Gasteiger partial charge in [-0.1, -0.05) is 70.7 Å². The molecule has 0 saturated heterocycles. The second-order valence-corrected chi connectivity index (χ2v) is 7.64. The average molecular weight is 501 g/mol. The molecule has 2 aromatic carbocycles. The molecule has 8 heteroatoms. The van der Waals surface area contributed by atoms with Crippen LogP contribution in [0.3, 0.4) is 0 Å². The van der Waals surface area contributed by atoms with E-state index in [1.165, 1.54) is 21.7 Å². The zero-order valence-electron chi connectivity index (χ0n) is 16.8. The maximum absolute atomic E-state index is 12.1. The van der Waals surface area contributed by atoms with E-state index in [0.29, 0.717) is 15.7 Å². The number of carbonyl (C=O) groups excluding carboxylic acids is 2. The minimum Gasteiger partial charge on any atom is -0.314 e. The molecule has 1 heterocycles. The molecule has 0 atom stereocenters. The van der Waals surface area contributed by atoms with Crippen LogP contribution in [-0.4, -0.2) is 43.2 Å². The Morgan fingerprint density at radius 1 is 1.14 bits per heavy atom. The molecule has 29 heavy (non-hydrogen) atoms. The lowest BCUT2D eigenvalue weighted by molar-refractivity contribution is -0.129. The van der Waals surface area contributed by atoms with Crippen LogP contribution in [0, 0.1) is 6.92 Å². The number of likely N-dealkylation sites (N-methyl/N-ethyl adjacent to an activating group) is 1. The maximum atomic E-state index is 12.1. The lowest BCUT2D eigenvalue weighted by Gasteiger charge is -2.20. The quantitative estimate of drug-likeness (QED) is 0.549. The van der Waals surface area contributed by atoms with Gasteiger partial charge in [0.2, 0.25) is 11.8 Å². The summed E-state index contributed by atoms with van der Waals surface area (Å²) in [6, 6.07) is 13.1. The Kier molecular flexibility index (Phi) is 10.9. The van der Waals surface area contributed by atoms with E-state index in [2.05, 4.69) is 40.0 Å². The van der Waals surface area contributed by atoms with Gasteiger partial charge in [-0.15, -0.1) is 0 Å². The summed E-state index contributed by atoms with van der Waals surface area (Å²) in [7, 11) is 1.60. The zero-order valence-corrected chi connectivity index (χ0v) is 19.9. The van der Waals surface area contributed by atoms with Gasteiger partial charge in [-0.3, -0.25) is 19.5 Å². The van der Waals surface area contributed by atoms with Crippen LogP contribution in [0.4, 0.5) is 5.69 Å². The highest BCUT2D eigenvalue weighted by Gasteiger charge is 2.21. The van der Waals surface area contributed by atoms with E-state index in [1.54, 1.807) is 25.2 Å². The molecule has 0 aliphatic carbocycles. The molecule has 3 rings (SSSR count). The first kappa shape index (κ1) is 25.1. The smallest absolute Gasteiger partial charge is 0.249 e. The fraction of sp³-hybridized carbons (Fsp3) is 0.286. The second-order valence-electron chi connectivity index (χ2n) is 5.85. The molecule has 0 spiro atoms. The van der Waals surface area contributed by atoms with Gasteiger partial charge < -0.3 is 4.90 Å². The zero-order chi connectivity index (χ0) is 22.0. The van der Waals surface area contributed by atoms with Crippen molar-refractivity contribution in [2.24, 2.45) is 4.99 Å². The number of hydrogen-bond acceptors (Lipinski definition) is 3. The van der Waals surface area contributed by atoms with Gasteiger partial charge in [0, 0.05) is 27.3 Å². The molecule has 1 aliphatic rings. The van der Waals surface area contributed by atoms with Crippen molar-refractivity contribution in [1.82, 2.24) is 4.90 Å². The number of hydrogen-bond donors (Lipinski definition) is 0. The molecular weight excluding hydrogens is 477 g/mol. The van der Waals surface area contributed by atoms with Crippen molar-refractivity contribution in [2.45, 2.75) is 20.8 Å². The average Bonchev–Trinajstić information content (AvgIpc) is 3.09. The molecule has 0 fully saturated rings. The highest BCUT2D eigenvalue weighted by atomic mass is 79.9. The van der Waals surface area contributed by atoms with Gasteiger partial charge >= 0.3 is 0 Å². The Morgan fingerprint density at radius 2 is 1.69 bits per heavy atom. The van der Waals surface area contributed by atoms with Crippen LogP contribution in [0.2, 0.25) is 10.0 Å². The van der Waals surface area contributed by atoms with Crippen molar-refractivity contribution >= 4 is 63.0 Å². The topological polar surface area (TPSA) is 53.0 Å². The lowest BCUT2D eigenvalue weighted by Crippen LogP contribution is -2.39. The van der Waals surface area contributed by atoms with Crippen LogP contribution in [0.15, 0.2) is 51.9 Å². The second kappa shape index (κ2) is 12.6. The molecule has 0 bridgehead atoms. The first-order chi connectivity index (χ1) is 13.8. The minimum absolute atomic E-state index is 0.0526. The van der Waals surface area contributed by atoms with E-state index in [0.717, 1.165) is 4.47 Å². The molecule has 2 amide bonds. The number of anilines is 1. The van der Waals surface area contributed by atoms with E-state index in [4.69, 9.17) is 23.2 Å². The van der Waals surface area contributed by atoms with Crippen molar-refractivity contribution in [1.29, 1.82) is 0 Å². The highest BCUT2D eigenvalue weighted by Crippen LogP contribution is 2.24. The number of halogens is 3. The van der Waals surface area contributed by atoms with E-state index >= 15 is 0 Å². The van der Waals surface area contributed by atoms with Gasteiger partial charge in [-0.25, -0.2) is 0 Å². The summed E-state index contributed by atoms with van der Waals surface area (Å²) in [6.45, 7) is 6.12. The van der Waals surface area contributed by atoms with Crippen molar-refractivity contribution in [3.63, 3.8) is 0 Å². The largest absolute Gasteiger partial charge is 0.314 e. The lowest BCUT2D eigenvalue weighted by atomic mass is 10.2. The van der Waals surface area contributed by atoms with Crippen LogP contribution in [0.5, 0.6) is 0 Å². The molecule has 0 saturated carbocycles. The Labute approximate surface area is 190 Å². The molecule has 0 unspecified atom stereocenters. The predicted molar refractivity (Wildman–Crippen MR) is 125 cm³/mol. The van der Waals surface area contributed by atoms with Gasteiger partial charge in [-0.2, -0.15) is 0 Å². The molecule has 0 aromatic heterocycles. The highest BCUT2D eigenvalue weighted by molar-refractivity contribution is 9.10. The molecule has 156 valence electrons. The third-order valence-electron chi connectivity index (χ3n) is 3.69. The Morgan fingerprint density at radius 3 is 2.14 bits per heavy atom. The van der Waals surface area contributed by atoms with Gasteiger partial charge in [0.25, 0.3) is 0 Å². The predicted octanol–water partition coefficient (Wildman–Crippen LogP) is 5.61. The van der Waals surface area contributed by atoms with Gasteiger partial charge in [0.15, 0.2) is 0 Å². The van der Waals surface area contributed by atoms with Crippen molar-refractivity contribution in [2.75, 3.05) is 25.0 Å².